The van der Waals surface area contributed by atoms with Crippen LogP contribution < -0.4 is 30.6 Å². The van der Waals surface area contributed by atoms with Crippen molar-refractivity contribution in [3.63, 3.8) is 0 Å². The van der Waals surface area contributed by atoms with Gasteiger partial charge in [0.15, 0.2) is 21.8 Å². The molecule has 6 heterocycles. The monoisotopic (exact) mass is 1750 g/mol. The summed E-state index contributed by atoms with van der Waals surface area (Å²) in [6.45, 7) is 24.3. The first-order chi connectivity index (χ1) is 57.1. The first kappa shape index (κ1) is 91.2. The number of amides is 2. The van der Waals surface area contributed by atoms with Gasteiger partial charge in [0.25, 0.3) is 9.05 Å². The molecule has 35 heteroatoms. The zero-order valence-corrected chi connectivity index (χ0v) is 74.1. The molecule has 8 fully saturated rings. The lowest BCUT2D eigenvalue weighted by Gasteiger charge is -2.64. The predicted molar refractivity (Wildman–Crippen MR) is 457 cm³/mol. The van der Waals surface area contributed by atoms with Crippen molar-refractivity contribution in [2.45, 2.75) is 216 Å². The third-order valence-corrected chi connectivity index (χ3v) is 28.0. The molecule has 4 aromatic carbocycles. The molecular weight excluding hydrogens is 1650 g/mol. The van der Waals surface area contributed by atoms with Crippen LogP contribution in [0.2, 0.25) is 11.6 Å². The van der Waals surface area contributed by atoms with E-state index >= 15 is 0 Å². The summed E-state index contributed by atoms with van der Waals surface area (Å²) in [4.78, 5) is 96.9. The van der Waals surface area contributed by atoms with Crippen LogP contribution in [0.15, 0.2) is 167 Å². The summed E-state index contributed by atoms with van der Waals surface area (Å²) >= 11 is 2.17. The maximum atomic E-state index is 14.9. The Morgan fingerprint density at radius 3 is 1.38 bits per heavy atom. The van der Waals surface area contributed by atoms with Crippen molar-refractivity contribution in [1.29, 1.82) is 0 Å². The molecule has 28 nitrogen and oxygen atoms in total. The number of nitrogens with zero attached hydrogens (tertiary/aromatic N) is 4. The van der Waals surface area contributed by atoms with Gasteiger partial charge < -0.3 is 52.8 Å². The fraction of sp³-hybridized carbons (Fsp3) is 0.465. The second-order valence-electron chi connectivity index (χ2n) is 34.8. The minimum absolute atomic E-state index is 0.0192. The number of esters is 2. The number of ether oxygens (including phenoxy) is 6. The molecule has 8 aliphatic rings. The van der Waals surface area contributed by atoms with Gasteiger partial charge in [-0.1, -0.05) is 113 Å². The van der Waals surface area contributed by atoms with Crippen molar-refractivity contribution in [3.05, 3.63) is 202 Å². The smallest absolute Gasteiger partial charge is 0.461 e. The molecule has 2 amide bonds. The zero-order valence-electron chi connectivity index (χ0n) is 70.1. The number of sulfonamides is 1. The largest absolute Gasteiger partial charge is 0.496 e. The Morgan fingerprint density at radius 1 is 0.562 bits per heavy atom. The molecule has 644 valence electrons. The number of nitrogens with one attached hydrogen (secondary N) is 3. The van der Waals surface area contributed by atoms with E-state index < -0.39 is 109 Å². The number of ketones is 2. The van der Waals surface area contributed by atoms with Gasteiger partial charge in [-0.05, 0) is 187 Å². The second kappa shape index (κ2) is 37.2. The number of thiazole rings is 2. The molecule has 5 N–H and O–H groups in total. The van der Waals surface area contributed by atoms with Gasteiger partial charge in [-0.2, -0.15) is 4.72 Å². The molecule has 16 rings (SSSR count). The molecule has 12 atom stereocenters. The molecule has 6 saturated carbocycles. The van der Waals surface area contributed by atoms with Gasteiger partial charge in [0, 0.05) is 70.7 Å². The van der Waals surface area contributed by atoms with E-state index in [1.165, 1.54) is 68.7 Å². The number of benzene rings is 4. The fourth-order valence-electron chi connectivity index (χ4n) is 17.4. The Hall–Kier alpha value is -9.06. The van der Waals surface area contributed by atoms with Crippen molar-refractivity contribution in [1.82, 2.24) is 24.7 Å². The number of rotatable bonds is 28. The van der Waals surface area contributed by atoms with Gasteiger partial charge in [0.1, 0.15) is 68.9 Å². The number of Topliss-reactive ketones (excluding diaryl/α,β-unsaturated/α-hetero) is 2. The molecule has 0 spiro atoms. The molecular formula is C86H103B2ClN8O20S4. The van der Waals surface area contributed by atoms with Gasteiger partial charge >= 0.3 is 38.4 Å². The Labute approximate surface area is 719 Å². The summed E-state index contributed by atoms with van der Waals surface area (Å²) in [7, 11) is -1.49. The normalized spacial score (nSPS) is 22.5. The number of pyridine rings is 2. The minimum atomic E-state index is -4.32. The number of anilines is 2. The first-order valence-corrected chi connectivity index (χ1v) is 45.5. The summed E-state index contributed by atoms with van der Waals surface area (Å²) in [5, 5.41) is 8.74. The highest BCUT2D eigenvalue weighted by atomic mass is 35.7. The van der Waals surface area contributed by atoms with Crippen LogP contribution in [0.25, 0.3) is 0 Å². The Balaban J connectivity index is 0.000000200. The van der Waals surface area contributed by atoms with Crippen LogP contribution in [0.3, 0.4) is 0 Å². The number of hydrogen-bond donors (Lipinski definition) is 4. The van der Waals surface area contributed by atoms with E-state index in [4.69, 9.17) is 63.5 Å². The molecule has 8 aromatic rings. The fourth-order valence-corrected chi connectivity index (χ4v) is 20.7. The van der Waals surface area contributed by atoms with Gasteiger partial charge in [0.05, 0.1) is 49.0 Å². The van der Waals surface area contributed by atoms with Crippen molar-refractivity contribution in [2.24, 2.45) is 40.2 Å². The van der Waals surface area contributed by atoms with Crippen LogP contribution in [0, 0.1) is 34.5 Å². The van der Waals surface area contributed by atoms with Crippen LogP contribution >= 0.6 is 33.4 Å². The van der Waals surface area contributed by atoms with Gasteiger partial charge in [-0.25, -0.2) is 46.0 Å². The van der Waals surface area contributed by atoms with Crippen LogP contribution in [0.4, 0.5) is 19.9 Å². The average Bonchev–Trinajstić information content (AvgIpc) is 1.58. The number of aromatic nitrogens is 4. The Kier molecular flexibility index (Phi) is 28.0. The number of carbonyl (C=O) groups is 6. The lowest BCUT2D eigenvalue weighted by Crippen LogP contribution is -2.65. The molecule has 121 heavy (non-hydrogen) atoms. The number of carbonyl (C=O) groups excluding carboxylic acids is 6. The van der Waals surface area contributed by atoms with E-state index in [2.05, 4.69) is 76.8 Å². The maximum absolute atomic E-state index is 14.9. The van der Waals surface area contributed by atoms with Gasteiger partial charge in [0.2, 0.25) is 10.0 Å². The Morgan fingerprint density at radius 2 is 0.983 bits per heavy atom. The average molecular weight is 1750 g/mol. The van der Waals surface area contributed by atoms with E-state index in [1.807, 2.05) is 93.6 Å². The van der Waals surface area contributed by atoms with E-state index in [-0.39, 0.29) is 104 Å². The van der Waals surface area contributed by atoms with Crippen molar-refractivity contribution < 1.29 is 92.6 Å². The lowest BCUT2D eigenvalue weighted by atomic mass is 9.43. The lowest BCUT2D eigenvalue weighted by molar-refractivity contribution is -0.199. The summed E-state index contributed by atoms with van der Waals surface area (Å²) in [6, 6.07) is 32.2. The third kappa shape index (κ3) is 21.4. The predicted octanol–water partition coefficient (Wildman–Crippen LogP) is 15.7. The van der Waals surface area contributed by atoms with Crippen molar-refractivity contribution in [3.8, 4) is 11.5 Å². The highest BCUT2D eigenvalue weighted by Crippen LogP contribution is 2.68. The Bertz CT molecular complexity index is 5280. The minimum Gasteiger partial charge on any atom is -0.496 e. The van der Waals surface area contributed by atoms with E-state index in [0.29, 0.717) is 46.7 Å². The zero-order chi connectivity index (χ0) is 87.4. The summed E-state index contributed by atoms with van der Waals surface area (Å²) in [5.74, 6) is -0.722. The van der Waals surface area contributed by atoms with Gasteiger partial charge in [-0.3, -0.25) is 30.2 Å². The van der Waals surface area contributed by atoms with Crippen LogP contribution in [0.1, 0.15) is 188 Å². The summed E-state index contributed by atoms with van der Waals surface area (Å²) in [5.41, 5.74) is 8.07. The molecule has 4 aromatic heterocycles. The first-order valence-electron chi connectivity index (χ1n) is 40.0. The van der Waals surface area contributed by atoms with Crippen molar-refractivity contribution in [2.75, 3.05) is 24.9 Å². The highest BCUT2D eigenvalue weighted by molar-refractivity contribution is 8.13. The molecule has 6 aliphatic carbocycles. The van der Waals surface area contributed by atoms with E-state index in [1.54, 1.807) is 50.4 Å². The molecule has 4 bridgehead atoms. The second-order valence-corrected chi connectivity index (χ2v) is 40.8. The number of nitrogens with two attached hydrogens (primary N) is 1. The van der Waals surface area contributed by atoms with Gasteiger partial charge in [-0.15, -0.1) is 22.7 Å². The quantitative estimate of drug-likeness (QED) is 0.0153. The molecule has 2 saturated heterocycles. The van der Waals surface area contributed by atoms with Crippen LogP contribution in [0.5, 0.6) is 11.5 Å². The van der Waals surface area contributed by atoms with Crippen LogP contribution in [-0.2, 0) is 92.3 Å². The van der Waals surface area contributed by atoms with E-state index in [9.17, 15) is 45.6 Å². The molecule has 4 unspecified atom stereocenters. The summed E-state index contributed by atoms with van der Waals surface area (Å²) < 4.78 is 112. The standard InChI is InChI=1S/C43H51BN4O10S2.C38H48BN3O8S.C5H4ClNO2S/c1-41(2,3)56-38(50)31-17-11-15-27(37(31)54-7)19-29(44-57-35-21-28-20-34(42(28,4)5)43(35,6)58-44)22-33(49)36(48-60(52,53)30-16-12-18-45-23-30)32-25-59-39(46-32)47-40(51)55-24-26-13-9-8-10-14-26;1-36(2,3)48-33(44)26-15-11-14-23(32(26)46-7)16-25(39-49-30-18-24-17-29(37(24,4)5)38(30,6)50-39)19-28(43)31(40)27-21-51-34(41-27)42-35(45)47-20-22-12-9-8-10-13-22;6-10(8,9)5-2-1-3-7-4-5/h8-18,23,25,28-29,34-36,48H,19-22,24H2,1-7H3,(H,46,47,51);8-15,21,24-25,29-31H,16-20,40H2,1-7H3,(H,41,42,45);1-4H/t28-,29+,34-,35?,36?,43-;24-,25+,29-,30?,31?,38-;/m00./s1. The number of methoxy groups -OCH3 is 2. The highest BCUT2D eigenvalue weighted by Gasteiger charge is 2.70. The SMILES string of the molecule is COc1c(C[C@H](CC(=O)C(N)c2csc(NC(=O)OCc3ccccc3)n2)B2OC3C[C@@H]4C[C@@H](C4(C)C)[C@]3(C)O2)cccc1C(=O)OC(C)(C)C.COc1c(C[C@H](CC(=O)C(NS(=O)(=O)c2cccnc2)c2csc(NC(=O)OCc3ccccc3)n2)B2OC3C[C@@H]4C[C@@H](C4(C)C)[C@]3(C)O2)cccc1C(=O)OC(C)(C)C.O=S(=O)(Cl)c1cccnc1. The number of halogens is 1. The third-order valence-electron chi connectivity index (χ3n) is 23.7. The molecule has 2 aliphatic heterocycles. The molecule has 0 radical (unpaired) electrons. The van der Waals surface area contributed by atoms with Crippen LogP contribution in [-0.4, -0.2) is 136 Å². The topological polar surface area (TPSA) is 377 Å². The van der Waals surface area contributed by atoms with E-state index in [0.717, 1.165) is 65.0 Å². The maximum Gasteiger partial charge on any atom is 0.461 e. The number of para-hydroxylation sites is 2. The summed E-state index contributed by atoms with van der Waals surface area (Å²) in [6.07, 6.45) is 7.67. The number of hydrogen-bond acceptors (Lipinski definition) is 27. The van der Waals surface area contributed by atoms with Crippen molar-refractivity contribution >= 4 is 113 Å².